The van der Waals surface area contributed by atoms with Gasteiger partial charge in [0.2, 0.25) is 0 Å². The third kappa shape index (κ3) is 5.89. The molecule has 0 aromatic carbocycles. The van der Waals surface area contributed by atoms with Gasteiger partial charge in [-0.25, -0.2) is 0 Å². The fourth-order valence-electron chi connectivity index (χ4n) is 0.668. The number of hydrogen-bond acceptors (Lipinski definition) is 3. The molecule has 0 fully saturated rings. The van der Waals surface area contributed by atoms with Crippen LogP contribution in [0.25, 0.3) is 0 Å². The van der Waals surface area contributed by atoms with E-state index in [0.717, 1.165) is 0 Å². The fraction of sp³-hybridized carbons (Fsp3) is 0.778. The van der Waals surface area contributed by atoms with Gasteiger partial charge in [0.15, 0.2) is 0 Å². The van der Waals surface area contributed by atoms with Crippen molar-refractivity contribution >= 4 is 11.9 Å². The first-order valence-electron chi connectivity index (χ1n) is 4.08. The SMILES string of the molecule is CCC(=O)OC(=O)CC(C)(C)C. The summed E-state index contributed by atoms with van der Waals surface area (Å²) in [6, 6.07) is 0. The Kier molecular flexibility index (Phi) is 3.93. The summed E-state index contributed by atoms with van der Waals surface area (Å²) in [4.78, 5) is 21.6. The van der Waals surface area contributed by atoms with E-state index in [4.69, 9.17) is 0 Å². The van der Waals surface area contributed by atoms with Gasteiger partial charge in [0.1, 0.15) is 0 Å². The average molecular weight is 172 g/mol. The topological polar surface area (TPSA) is 43.4 Å². The maximum Gasteiger partial charge on any atom is 0.313 e. The van der Waals surface area contributed by atoms with Crippen LogP contribution in [0.5, 0.6) is 0 Å². The number of hydrogen-bond donors (Lipinski definition) is 0. The predicted octanol–water partition coefficient (Wildman–Crippen LogP) is 1.90. The second-order valence-corrected chi connectivity index (χ2v) is 3.94. The normalized spacial score (nSPS) is 11.0. The second-order valence-electron chi connectivity index (χ2n) is 3.94. The Bertz CT molecular complexity index is 177. The van der Waals surface area contributed by atoms with E-state index in [2.05, 4.69) is 4.74 Å². The quantitative estimate of drug-likeness (QED) is 0.472. The van der Waals surface area contributed by atoms with Crippen LogP contribution in [-0.2, 0) is 14.3 Å². The van der Waals surface area contributed by atoms with Gasteiger partial charge >= 0.3 is 11.9 Å². The van der Waals surface area contributed by atoms with E-state index in [-0.39, 0.29) is 18.3 Å². The van der Waals surface area contributed by atoms with Crippen molar-refractivity contribution in [2.24, 2.45) is 5.41 Å². The van der Waals surface area contributed by atoms with Crippen molar-refractivity contribution in [1.29, 1.82) is 0 Å². The zero-order valence-electron chi connectivity index (χ0n) is 8.14. The van der Waals surface area contributed by atoms with Crippen molar-refractivity contribution in [3.05, 3.63) is 0 Å². The van der Waals surface area contributed by atoms with Crippen LogP contribution in [0, 0.1) is 5.41 Å². The number of rotatable bonds is 2. The Labute approximate surface area is 73.1 Å². The van der Waals surface area contributed by atoms with Crippen LogP contribution in [0.4, 0.5) is 0 Å². The van der Waals surface area contributed by atoms with Crippen molar-refractivity contribution in [3.63, 3.8) is 0 Å². The lowest BCUT2D eigenvalue weighted by molar-refractivity contribution is -0.160. The van der Waals surface area contributed by atoms with Crippen LogP contribution in [0.15, 0.2) is 0 Å². The highest BCUT2D eigenvalue weighted by atomic mass is 16.6. The maximum absolute atomic E-state index is 11.0. The van der Waals surface area contributed by atoms with Gasteiger partial charge in [-0.05, 0) is 5.41 Å². The van der Waals surface area contributed by atoms with E-state index in [0.29, 0.717) is 0 Å². The van der Waals surface area contributed by atoms with Gasteiger partial charge in [0.05, 0.1) is 6.42 Å². The summed E-state index contributed by atoms with van der Waals surface area (Å²) in [6.45, 7) is 7.42. The van der Waals surface area contributed by atoms with Gasteiger partial charge in [-0.15, -0.1) is 0 Å². The van der Waals surface area contributed by atoms with Crippen LogP contribution < -0.4 is 0 Å². The Morgan fingerprint density at radius 1 is 1.17 bits per heavy atom. The van der Waals surface area contributed by atoms with Crippen molar-refractivity contribution < 1.29 is 14.3 Å². The van der Waals surface area contributed by atoms with Crippen LogP contribution in [0.2, 0.25) is 0 Å². The van der Waals surface area contributed by atoms with E-state index in [1.54, 1.807) is 6.92 Å². The van der Waals surface area contributed by atoms with Crippen LogP contribution in [-0.4, -0.2) is 11.9 Å². The molecule has 0 aliphatic heterocycles. The zero-order valence-corrected chi connectivity index (χ0v) is 8.14. The summed E-state index contributed by atoms with van der Waals surface area (Å²) in [5, 5.41) is 0. The number of carbonyl (C=O) groups is 2. The molecule has 70 valence electrons. The van der Waals surface area contributed by atoms with E-state index >= 15 is 0 Å². The van der Waals surface area contributed by atoms with Gasteiger partial charge in [0, 0.05) is 6.42 Å². The third-order valence-corrected chi connectivity index (χ3v) is 1.19. The fourth-order valence-corrected chi connectivity index (χ4v) is 0.668. The standard InChI is InChI=1S/C9H16O3/c1-5-7(10)12-8(11)6-9(2,3)4/h5-6H2,1-4H3. The van der Waals surface area contributed by atoms with Gasteiger partial charge < -0.3 is 4.74 Å². The molecule has 0 saturated heterocycles. The van der Waals surface area contributed by atoms with Gasteiger partial charge in [-0.1, -0.05) is 27.7 Å². The average Bonchev–Trinajstić information content (AvgIpc) is 1.82. The Morgan fingerprint density at radius 2 is 1.67 bits per heavy atom. The molecule has 0 amide bonds. The Morgan fingerprint density at radius 3 is 2.00 bits per heavy atom. The number of esters is 2. The van der Waals surface area contributed by atoms with Crippen molar-refractivity contribution in [1.82, 2.24) is 0 Å². The molecule has 0 radical (unpaired) electrons. The highest BCUT2D eigenvalue weighted by Crippen LogP contribution is 2.18. The molecular weight excluding hydrogens is 156 g/mol. The van der Waals surface area contributed by atoms with E-state index in [1.807, 2.05) is 20.8 Å². The predicted molar refractivity (Wildman–Crippen MR) is 45.5 cm³/mol. The zero-order chi connectivity index (χ0) is 9.78. The minimum Gasteiger partial charge on any atom is -0.393 e. The van der Waals surface area contributed by atoms with Gasteiger partial charge in [-0.3, -0.25) is 9.59 Å². The molecule has 0 saturated carbocycles. The summed E-state index contributed by atoms with van der Waals surface area (Å²) in [5.41, 5.74) is -0.120. The summed E-state index contributed by atoms with van der Waals surface area (Å²) in [7, 11) is 0. The van der Waals surface area contributed by atoms with Crippen molar-refractivity contribution in [3.8, 4) is 0 Å². The van der Waals surface area contributed by atoms with Crippen LogP contribution in [0.3, 0.4) is 0 Å². The molecule has 0 atom stereocenters. The van der Waals surface area contributed by atoms with E-state index in [1.165, 1.54) is 0 Å². The summed E-state index contributed by atoms with van der Waals surface area (Å²) in [6.07, 6.45) is 0.522. The highest BCUT2D eigenvalue weighted by Gasteiger charge is 2.18. The summed E-state index contributed by atoms with van der Waals surface area (Å²) < 4.78 is 4.50. The molecule has 0 bridgehead atoms. The third-order valence-electron chi connectivity index (χ3n) is 1.19. The molecule has 0 aromatic rings. The molecule has 3 nitrogen and oxygen atoms in total. The lowest BCUT2D eigenvalue weighted by atomic mass is 9.92. The smallest absolute Gasteiger partial charge is 0.313 e. The maximum atomic E-state index is 11.0. The molecule has 0 unspecified atom stereocenters. The molecule has 0 spiro atoms. The summed E-state index contributed by atoms with van der Waals surface area (Å²) >= 11 is 0. The van der Waals surface area contributed by atoms with Crippen molar-refractivity contribution in [2.75, 3.05) is 0 Å². The Balaban J connectivity index is 3.83. The minimum atomic E-state index is -0.454. The first kappa shape index (κ1) is 11.1. The lowest BCUT2D eigenvalue weighted by Crippen LogP contribution is -2.18. The number of carbonyl (C=O) groups excluding carboxylic acids is 2. The molecule has 0 heterocycles. The molecule has 0 N–H and O–H groups in total. The second kappa shape index (κ2) is 4.24. The largest absolute Gasteiger partial charge is 0.393 e. The summed E-state index contributed by atoms with van der Waals surface area (Å²) in [5.74, 6) is -0.890. The van der Waals surface area contributed by atoms with Crippen molar-refractivity contribution in [2.45, 2.75) is 40.5 Å². The van der Waals surface area contributed by atoms with Crippen LogP contribution in [0.1, 0.15) is 40.5 Å². The highest BCUT2D eigenvalue weighted by molar-refractivity contribution is 5.85. The molecule has 0 aromatic heterocycles. The molecule has 0 rings (SSSR count). The lowest BCUT2D eigenvalue weighted by Gasteiger charge is -2.15. The van der Waals surface area contributed by atoms with E-state index < -0.39 is 11.9 Å². The molecule has 3 heteroatoms. The minimum absolute atomic E-state index is 0.120. The van der Waals surface area contributed by atoms with Gasteiger partial charge in [0.25, 0.3) is 0 Å². The molecule has 12 heavy (non-hydrogen) atoms. The van der Waals surface area contributed by atoms with E-state index in [9.17, 15) is 9.59 Å². The van der Waals surface area contributed by atoms with Gasteiger partial charge in [-0.2, -0.15) is 0 Å². The molecule has 0 aliphatic carbocycles. The first-order chi connectivity index (χ1) is 5.35. The Hall–Kier alpha value is -0.860. The molecular formula is C9H16O3. The number of ether oxygens (including phenoxy) is 1. The monoisotopic (exact) mass is 172 g/mol. The first-order valence-corrected chi connectivity index (χ1v) is 4.08. The van der Waals surface area contributed by atoms with Crippen LogP contribution >= 0.6 is 0 Å². The molecule has 0 aliphatic rings.